The van der Waals surface area contributed by atoms with E-state index >= 15 is 0 Å². The van der Waals surface area contributed by atoms with Crippen LogP contribution in [-0.2, 0) is 17.6 Å². The highest BCUT2D eigenvalue weighted by Gasteiger charge is 2.36. The van der Waals surface area contributed by atoms with E-state index in [1.165, 1.54) is 17.5 Å². The van der Waals surface area contributed by atoms with E-state index in [4.69, 9.17) is 5.11 Å². The van der Waals surface area contributed by atoms with Crippen molar-refractivity contribution in [2.24, 2.45) is 5.92 Å². The van der Waals surface area contributed by atoms with Gasteiger partial charge in [0.05, 0.1) is 10.9 Å². The van der Waals surface area contributed by atoms with Crippen molar-refractivity contribution in [3.8, 4) is 5.75 Å². The van der Waals surface area contributed by atoms with Crippen LogP contribution in [0.3, 0.4) is 0 Å². The van der Waals surface area contributed by atoms with Crippen LogP contribution < -0.4 is 0 Å². The maximum absolute atomic E-state index is 11.1. The normalized spacial score (nSPS) is 19.4. The molecule has 0 bridgehead atoms. The van der Waals surface area contributed by atoms with E-state index in [9.17, 15) is 9.90 Å². The number of carbonyl (C=O) groups is 1. The number of rotatable bonds is 4. The lowest BCUT2D eigenvalue weighted by Gasteiger charge is -2.23. The van der Waals surface area contributed by atoms with Gasteiger partial charge >= 0.3 is 5.97 Å². The lowest BCUT2D eigenvalue weighted by Crippen LogP contribution is -2.12. The first-order valence-corrected chi connectivity index (χ1v) is 8.12. The van der Waals surface area contributed by atoms with Gasteiger partial charge in [0.25, 0.3) is 0 Å². The highest BCUT2D eigenvalue weighted by molar-refractivity contribution is 9.10. The van der Waals surface area contributed by atoms with Crippen molar-refractivity contribution in [1.29, 1.82) is 0 Å². The third kappa shape index (κ3) is 2.58. The van der Waals surface area contributed by atoms with Crippen LogP contribution in [0.2, 0.25) is 0 Å². The molecule has 4 heteroatoms. The van der Waals surface area contributed by atoms with Gasteiger partial charge in [-0.05, 0) is 77.1 Å². The molecule has 2 aliphatic carbocycles. The molecule has 0 heterocycles. The van der Waals surface area contributed by atoms with Crippen molar-refractivity contribution in [2.45, 2.75) is 50.9 Å². The Balaban J connectivity index is 2.03. The summed E-state index contributed by atoms with van der Waals surface area (Å²) in [7, 11) is 0. The number of aliphatic carboxylic acids is 1. The van der Waals surface area contributed by atoms with Crippen LogP contribution in [0, 0.1) is 5.92 Å². The average molecular weight is 339 g/mol. The van der Waals surface area contributed by atoms with Gasteiger partial charge in [-0.1, -0.05) is 6.07 Å². The molecule has 108 valence electrons. The van der Waals surface area contributed by atoms with Gasteiger partial charge in [0.1, 0.15) is 5.75 Å². The van der Waals surface area contributed by atoms with Gasteiger partial charge in [0, 0.05) is 5.92 Å². The molecule has 1 saturated carbocycles. The predicted octanol–water partition coefficient (Wildman–Crippen LogP) is 4.00. The van der Waals surface area contributed by atoms with Crippen LogP contribution >= 0.6 is 15.9 Å². The summed E-state index contributed by atoms with van der Waals surface area (Å²) in [6, 6.07) is 2.07. The van der Waals surface area contributed by atoms with Crippen molar-refractivity contribution in [2.75, 3.05) is 0 Å². The number of carboxylic acids is 1. The Morgan fingerprint density at radius 3 is 2.70 bits per heavy atom. The molecule has 1 aromatic rings. The number of phenols is 1. The van der Waals surface area contributed by atoms with Crippen molar-refractivity contribution < 1.29 is 15.0 Å². The molecule has 1 unspecified atom stereocenters. The van der Waals surface area contributed by atoms with Crippen molar-refractivity contribution >= 4 is 21.9 Å². The second-order valence-corrected chi connectivity index (χ2v) is 6.81. The number of hydrogen-bond acceptors (Lipinski definition) is 2. The lowest BCUT2D eigenvalue weighted by molar-refractivity contribution is -0.137. The Morgan fingerprint density at radius 2 is 2.05 bits per heavy atom. The van der Waals surface area contributed by atoms with Crippen molar-refractivity contribution in [1.82, 2.24) is 0 Å². The second kappa shape index (κ2) is 5.40. The van der Waals surface area contributed by atoms with Gasteiger partial charge in [0.2, 0.25) is 0 Å². The Bertz CT molecular complexity index is 549. The molecule has 1 fully saturated rings. The molecule has 2 N–H and O–H groups in total. The number of hydrogen-bond donors (Lipinski definition) is 2. The van der Waals surface area contributed by atoms with Gasteiger partial charge in [-0.2, -0.15) is 0 Å². The maximum atomic E-state index is 11.1. The topological polar surface area (TPSA) is 57.5 Å². The summed E-state index contributed by atoms with van der Waals surface area (Å²) < 4.78 is 0.792. The number of aryl methyl sites for hydroxylation is 1. The highest BCUT2D eigenvalue weighted by Crippen LogP contribution is 2.49. The first-order valence-electron chi connectivity index (χ1n) is 7.33. The first kappa shape index (κ1) is 13.9. The van der Waals surface area contributed by atoms with Crippen LogP contribution in [0.15, 0.2) is 10.5 Å². The highest BCUT2D eigenvalue weighted by atomic mass is 79.9. The minimum atomic E-state index is -0.782. The molecule has 1 aromatic carbocycles. The van der Waals surface area contributed by atoms with Crippen LogP contribution in [0.25, 0.3) is 0 Å². The zero-order chi connectivity index (χ0) is 14.3. The summed E-state index contributed by atoms with van der Waals surface area (Å²) in [5, 5.41) is 19.6. The van der Waals surface area contributed by atoms with Crippen LogP contribution in [0.5, 0.6) is 5.75 Å². The van der Waals surface area contributed by atoms with Gasteiger partial charge in [-0.25, -0.2) is 0 Å². The van der Waals surface area contributed by atoms with E-state index in [0.717, 1.165) is 42.1 Å². The number of halogens is 1. The predicted molar refractivity (Wildman–Crippen MR) is 80.2 cm³/mol. The molecule has 0 spiro atoms. The molecule has 2 aliphatic rings. The fraction of sp³-hybridized carbons (Fsp3) is 0.562. The largest absolute Gasteiger partial charge is 0.506 e. The molecule has 20 heavy (non-hydrogen) atoms. The summed E-state index contributed by atoms with van der Waals surface area (Å²) >= 11 is 3.52. The zero-order valence-corrected chi connectivity index (χ0v) is 12.9. The number of fused-ring (bicyclic) bond motifs is 1. The van der Waals surface area contributed by atoms with Crippen LogP contribution in [0.4, 0.5) is 0 Å². The van der Waals surface area contributed by atoms with Gasteiger partial charge < -0.3 is 10.2 Å². The number of phenolic OH excluding ortho intramolecular Hbond substituents is 1. The van der Waals surface area contributed by atoms with E-state index in [0.29, 0.717) is 5.92 Å². The number of carboxylic acid groups (broad SMARTS) is 1. The van der Waals surface area contributed by atoms with E-state index in [1.807, 2.05) is 0 Å². The molecular weight excluding hydrogens is 320 g/mol. The van der Waals surface area contributed by atoms with Crippen LogP contribution in [0.1, 0.15) is 54.7 Å². The molecule has 0 amide bonds. The third-order valence-corrected chi connectivity index (χ3v) is 5.43. The monoisotopic (exact) mass is 338 g/mol. The molecule has 0 aromatic heterocycles. The SMILES string of the molecule is O=C(O)CC(c1cc2c(c(Br)c1O)CCCC2)C1CC1. The molecular formula is C16H19BrO3. The van der Waals surface area contributed by atoms with Gasteiger partial charge in [-0.3, -0.25) is 4.79 Å². The van der Waals surface area contributed by atoms with Gasteiger partial charge in [0.15, 0.2) is 0 Å². The molecule has 3 nitrogen and oxygen atoms in total. The van der Waals surface area contributed by atoms with Crippen LogP contribution in [-0.4, -0.2) is 16.2 Å². The maximum Gasteiger partial charge on any atom is 0.303 e. The molecule has 0 radical (unpaired) electrons. The summed E-state index contributed by atoms with van der Waals surface area (Å²) in [5.41, 5.74) is 3.33. The Labute approximate surface area is 127 Å². The fourth-order valence-electron chi connectivity index (χ4n) is 3.36. The van der Waals surface area contributed by atoms with Crippen molar-refractivity contribution in [3.05, 3.63) is 27.2 Å². The van der Waals surface area contributed by atoms with E-state index in [-0.39, 0.29) is 18.1 Å². The summed E-state index contributed by atoms with van der Waals surface area (Å²) in [5.74, 6) is -0.138. The smallest absolute Gasteiger partial charge is 0.303 e. The summed E-state index contributed by atoms with van der Waals surface area (Å²) in [6.07, 6.45) is 6.63. The standard InChI is InChI=1S/C16H19BrO3/c17-15-11-4-2-1-3-10(11)7-13(16(15)20)12(8-14(18)19)9-5-6-9/h7,9,12,20H,1-6,8H2,(H,18,19). The molecule has 1 atom stereocenters. The fourth-order valence-corrected chi connectivity index (χ4v) is 4.05. The number of aromatic hydroxyl groups is 1. The van der Waals surface area contributed by atoms with E-state index in [2.05, 4.69) is 22.0 Å². The first-order chi connectivity index (χ1) is 9.58. The van der Waals surface area contributed by atoms with Gasteiger partial charge in [-0.15, -0.1) is 0 Å². The summed E-state index contributed by atoms with van der Waals surface area (Å²) in [6.45, 7) is 0. The Kier molecular flexibility index (Phi) is 3.76. The minimum Gasteiger partial charge on any atom is -0.506 e. The molecule has 3 rings (SSSR count). The Hall–Kier alpha value is -1.03. The minimum absolute atomic E-state index is 0.0453. The Morgan fingerprint density at radius 1 is 1.35 bits per heavy atom. The molecule has 0 saturated heterocycles. The number of benzene rings is 1. The molecule has 0 aliphatic heterocycles. The third-order valence-electron chi connectivity index (χ3n) is 4.57. The average Bonchev–Trinajstić information content (AvgIpc) is 3.25. The van der Waals surface area contributed by atoms with E-state index < -0.39 is 5.97 Å². The second-order valence-electron chi connectivity index (χ2n) is 6.01. The zero-order valence-electron chi connectivity index (χ0n) is 11.4. The lowest BCUT2D eigenvalue weighted by atomic mass is 9.84. The van der Waals surface area contributed by atoms with E-state index in [1.54, 1.807) is 0 Å². The quantitative estimate of drug-likeness (QED) is 0.872. The van der Waals surface area contributed by atoms with Crippen molar-refractivity contribution in [3.63, 3.8) is 0 Å². The summed E-state index contributed by atoms with van der Waals surface area (Å²) in [4.78, 5) is 11.1.